The third-order valence-corrected chi connectivity index (χ3v) is 3.65. The molecule has 4 heteroatoms. The fraction of sp³-hybridized carbons (Fsp3) is 0.545. The molecule has 0 saturated heterocycles. The van der Waals surface area contributed by atoms with Crippen LogP contribution in [0.15, 0.2) is 6.07 Å². The predicted octanol–water partition coefficient (Wildman–Crippen LogP) is 2.77. The topological polar surface area (TPSA) is 46.3 Å². The van der Waals surface area contributed by atoms with Crippen molar-refractivity contribution in [2.24, 2.45) is 0 Å². The second kappa shape index (κ2) is 5.16. The number of nitrogen functional groups attached to an aromatic ring is 1. The van der Waals surface area contributed by atoms with Crippen molar-refractivity contribution in [3.63, 3.8) is 0 Å². The van der Waals surface area contributed by atoms with E-state index in [1.165, 1.54) is 11.3 Å². The van der Waals surface area contributed by atoms with Crippen LogP contribution in [0, 0.1) is 0 Å². The maximum absolute atomic E-state index is 11.6. The number of hydrogen-bond donors (Lipinski definition) is 1. The van der Waals surface area contributed by atoms with Crippen LogP contribution in [-0.2, 0) is 0 Å². The molecule has 1 aromatic heterocycles. The number of Topliss-reactive ketones (excluding diaryl/α,β-unsaturated/α-hetero) is 1. The molecule has 0 aliphatic rings. The normalized spacial score (nSPS) is 10.3. The molecule has 0 fully saturated rings. The Bertz CT molecular complexity index is 342. The van der Waals surface area contributed by atoms with Crippen molar-refractivity contribution in [3.8, 4) is 0 Å². The summed E-state index contributed by atoms with van der Waals surface area (Å²) in [5.41, 5.74) is 6.45. The summed E-state index contributed by atoms with van der Waals surface area (Å²) in [6.07, 6.45) is 0.516. The van der Waals surface area contributed by atoms with E-state index in [2.05, 4.69) is 18.7 Å². The summed E-state index contributed by atoms with van der Waals surface area (Å²) in [7, 11) is 0. The van der Waals surface area contributed by atoms with Crippen LogP contribution in [0.5, 0.6) is 0 Å². The summed E-state index contributed by atoms with van der Waals surface area (Å²) in [4.78, 5) is 14.5. The molecular weight excluding hydrogens is 208 g/mol. The summed E-state index contributed by atoms with van der Waals surface area (Å²) >= 11 is 1.50. The number of carbonyl (C=O) groups is 1. The van der Waals surface area contributed by atoms with Gasteiger partial charge in [0.15, 0.2) is 5.78 Å². The lowest BCUT2D eigenvalue weighted by Gasteiger charge is -2.17. The van der Waals surface area contributed by atoms with Gasteiger partial charge in [-0.05, 0) is 19.9 Å². The highest BCUT2D eigenvalue weighted by molar-refractivity contribution is 7.18. The molecule has 0 aliphatic carbocycles. The first-order valence-corrected chi connectivity index (χ1v) is 6.13. The lowest BCUT2D eigenvalue weighted by Crippen LogP contribution is -2.20. The molecule has 1 rings (SSSR count). The fourth-order valence-corrected chi connectivity index (χ4v) is 2.68. The quantitative estimate of drug-likeness (QED) is 0.785. The van der Waals surface area contributed by atoms with Crippen LogP contribution in [0.25, 0.3) is 0 Å². The molecule has 0 aromatic carbocycles. The zero-order valence-corrected chi connectivity index (χ0v) is 10.4. The van der Waals surface area contributed by atoms with Gasteiger partial charge in [0, 0.05) is 19.5 Å². The molecule has 84 valence electrons. The Morgan fingerprint density at radius 2 is 2.00 bits per heavy atom. The van der Waals surface area contributed by atoms with Gasteiger partial charge in [-0.1, -0.05) is 6.92 Å². The minimum Gasteiger partial charge on any atom is -0.397 e. The first-order valence-electron chi connectivity index (χ1n) is 5.31. The summed E-state index contributed by atoms with van der Waals surface area (Å²) in [5, 5.41) is 1.09. The molecule has 0 radical (unpaired) electrons. The first kappa shape index (κ1) is 12.0. The van der Waals surface area contributed by atoms with E-state index in [-0.39, 0.29) is 5.78 Å². The maximum atomic E-state index is 11.6. The van der Waals surface area contributed by atoms with Gasteiger partial charge in [0.2, 0.25) is 0 Å². The standard InChI is InChI=1S/C11H18N2OS/c1-4-9(14)11-8(12)7-10(15-11)13(5-2)6-3/h7H,4-6,12H2,1-3H3. The number of ketones is 1. The molecule has 0 unspecified atom stereocenters. The van der Waals surface area contributed by atoms with Crippen LogP contribution in [-0.4, -0.2) is 18.9 Å². The highest BCUT2D eigenvalue weighted by Crippen LogP contribution is 2.32. The van der Waals surface area contributed by atoms with Gasteiger partial charge in [-0.2, -0.15) is 0 Å². The largest absolute Gasteiger partial charge is 0.397 e. The average molecular weight is 226 g/mol. The van der Waals surface area contributed by atoms with Crippen molar-refractivity contribution in [2.75, 3.05) is 23.7 Å². The second-order valence-corrected chi connectivity index (χ2v) is 4.35. The summed E-state index contributed by atoms with van der Waals surface area (Å²) in [6.45, 7) is 7.94. The van der Waals surface area contributed by atoms with E-state index >= 15 is 0 Å². The lowest BCUT2D eigenvalue weighted by molar-refractivity contribution is 0.0993. The third kappa shape index (κ3) is 2.50. The van der Waals surface area contributed by atoms with Gasteiger partial charge in [-0.25, -0.2) is 0 Å². The Morgan fingerprint density at radius 3 is 2.47 bits per heavy atom. The summed E-state index contributed by atoms with van der Waals surface area (Å²) in [5.74, 6) is 0.135. The number of nitrogens with two attached hydrogens (primary N) is 1. The van der Waals surface area contributed by atoms with Crippen LogP contribution in [0.4, 0.5) is 10.7 Å². The third-order valence-electron chi connectivity index (χ3n) is 2.40. The molecule has 3 nitrogen and oxygen atoms in total. The molecule has 1 aromatic rings. The van der Waals surface area contributed by atoms with Crippen molar-refractivity contribution >= 4 is 27.8 Å². The molecule has 0 spiro atoms. The smallest absolute Gasteiger partial charge is 0.174 e. The minimum atomic E-state index is 0.135. The van der Waals surface area contributed by atoms with Gasteiger partial charge in [0.1, 0.15) is 0 Å². The number of hydrogen-bond acceptors (Lipinski definition) is 4. The van der Waals surface area contributed by atoms with Gasteiger partial charge >= 0.3 is 0 Å². The zero-order chi connectivity index (χ0) is 11.4. The van der Waals surface area contributed by atoms with Crippen molar-refractivity contribution in [1.29, 1.82) is 0 Å². The number of nitrogens with zero attached hydrogens (tertiary/aromatic N) is 1. The van der Waals surface area contributed by atoms with Gasteiger partial charge in [0.05, 0.1) is 15.6 Å². The Morgan fingerprint density at radius 1 is 1.40 bits per heavy atom. The molecule has 2 N–H and O–H groups in total. The molecule has 15 heavy (non-hydrogen) atoms. The molecule has 0 saturated carbocycles. The molecule has 0 bridgehead atoms. The van der Waals surface area contributed by atoms with Gasteiger partial charge < -0.3 is 10.6 Å². The Balaban J connectivity index is 2.99. The zero-order valence-electron chi connectivity index (χ0n) is 9.54. The number of thiophene rings is 1. The fourth-order valence-electron chi connectivity index (χ4n) is 1.46. The lowest BCUT2D eigenvalue weighted by atomic mass is 10.2. The minimum absolute atomic E-state index is 0.135. The van der Waals surface area contributed by atoms with E-state index in [4.69, 9.17) is 5.73 Å². The number of anilines is 2. The van der Waals surface area contributed by atoms with E-state index in [0.717, 1.165) is 18.1 Å². The van der Waals surface area contributed by atoms with E-state index < -0.39 is 0 Å². The van der Waals surface area contributed by atoms with Crippen molar-refractivity contribution in [3.05, 3.63) is 10.9 Å². The average Bonchev–Trinajstić information content (AvgIpc) is 2.61. The molecule has 0 atom stereocenters. The monoisotopic (exact) mass is 226 g/mol. The van der Waals surface area contributed by atoms with Gasteiger partial charge in [-0.15, -0.1) is 11.3 Å². The Kier molecular flexibility index (Phi) is 4.15. The van der Waals surface area contributed by atoms with Crippen LogP contribution in [0.3, 0.4) is 0 Å². The Hall–Kier alpha value is -1.03. The van der Waals surface area contributed by atoms with Crippen molar-refractivity contribution < 1.29 is 4.79 Å². The van der Waals surface area contributed by atoms with E-state index in [1.807, 2.05) is 13.0 Å². The van der Waals surface area contributed by atoms with Crippen molar-refractivity contribution in [2.45, 2.75) is 27.2 Å². The van der Waals surface area contributed by atoms with E-state index in [0.29, 0.717) is 17.0 Å². The summed E-state index contributed by atoms with van der Waals surface area (Å²) in [6, 6.07) is 1.90. The van der Waals surface area contributed by atoms with Crippen LogP contribution < -0.4 is 10.6 Å². The van der Waals surface area contributed by atoms with Crippen LogP contribution in [0.1, 0.15) is 36.9 Å². The highest BCUT2D eigenvalue weighted by atomic mass is 32.1. The van der Waals surface area contributed by atoms with Crippen LogP contribution >= 0.6 is 11.3 Å². The first-order chi connectivity index (χ1) is 7.13. The number of rotatable bonds is 5. The van der Waals surface area contributed by atoms with Gasteiger partial charge in [-0.3, -0.25) is 4.79 Å². The predicted molar refractivity (Wildman–Crippen MR) is 66.9 cm³/mol. The SMILES string of the molecule is CCC(=O)c1sc(N(CC)CC)cc1N. The van der Waals surface area contributed by atoms with E-state index in [1.54, 1.807) is 0 Å². The molecule has 0 amide bonds. The second-order valence-electron chi connectivity index (χ2n) is 3.32. The van der Waals surface area contributed by atoms with Crippen molar-refractivity contribution in [1.82, 2.24) is 0 Å². The highest BCUT2D eigenvalue weighted by Gasteiger charge is 2.14. The number of carbonyl (C=O) groups excluding carboxylic acids is 1. The van der Waals surface area contributed by atoms with Crippen LogP contribution in [0.2, 0.25) is 0 Å². The molecule has 1 heterocycles. The Labute approximate surface area is 94.9 Å². The maximum Gasteiger partial charge on any atom is 0.174 e. The van der Waals surface area contributed by atoms with E-state index in [9.17, 15) is 4.79 Å². The summed E-state index contributed by atoms with van der Waals surface area (Å²) < 4.78 is 0. The molecular formula is C11H18N2OS. The van der Waals surface area contributed by atoms with Gasteiger partial charge in [0.25, 0.3) is 0 Å². The molecule has 0 aliphatic heterocycles.